The van der Waals surface area contributed by atoms with Crippen LogP contribution in [0.25, 0.3) is 0 Å². The molecule has 1 unspecified atom stereocenters. The molecule has 0 bridgehead atoms. The standard InChI is InChI=1S/C28H36O10/c1-15-25(30)24(13-29)38-28(26(15)31)37-21-8-6-17(12-23(21)35-4)10-19-18(14-36-27(19)32)9-16-5-7-20(33-2)22(11-16)34-3/h5-8,11-12,15,18-19,24-26,28-31H,9-10,13-14H2,1-4H3/t15-,18-,19?,24+,25-,26+,28+/m0/s1. The van der Waals surface area contributed by atoms with Crippen molar-refractivity contribution >= 4 is 5.97 Å². The number of esters is 1. The number of methoxy groups -OCH3 is 3. The minimum atomic E-state index is -1.11. The molecule has 2 saturated heterocycles. The smallest absolute Gasteiger partial charge is 0.309 e. The lowest BCUT2D eigenvalue weighted by Crippen LogP contribution is -2.56. The minimum absolute atomic E-state index is 0.0170. The Hall–Kier alpha value is -3.05. The molecule has 2 aliphatic rings. The summed E-state index contributed by atoms with van der Waals surface area (Å²) in [6, 6.07) is 11.0. The van der Waals surface area contributed by atoms with Crippen molar-refractivity contribution in [2.24, 2.45) is 17.8 Å². The average Bonchev–Trinajstić information content (AvgIpc) is 3.27. The van der Waals surface area contributed by atoms with Crippen molar-refractivity contribution < 1.29 is 48.5 Å². The van der Waals surface area contributed by atoms with Crippen LogP contribution >= 0.6 is 0 Å². The maximum atomic E-state index is 12.6. The van der Waals surface area contributed by atoms with Crippen molar-refractivity contribution in [3.05, 3.63) is 47.5 Å². The van der Waals surface area contributed by atoms with E-state index in [1.54, 1.807) is 33.3 Å². The van der Waals surface area contributed by atoms with Gasteiger partial charge in [0.2, 0.25) is 6.29 Å². The lowest BCUT2D eigenvalue weighted by atomic mass is 9.85. The van der Waals surface area contributed by atoms with Gasteiger partial charge in [-0.15, -0.1) is 0 Å². The van der Waals surface area contributed by atoms with E-state index in [0.29, 0.717) is 42.4 Å². The van der Waals surface area contributed by atoms with E-state index >= 15 is 0 Å². The molecule has 7 atom stereocenters. The first-order valence-electron chi connectivity index (χ1n) is 12.6. The Morgan fingerprint density at radius 2 is 1.47 bits per heavy atom. The van der Waals surface area contributed by atoms with Gasteiger partial charge in [-0.05, 0) is 48.2 Å². The Morgan fingerprint density at radius 3 is 2.11 bits per heavy atom. The predicted octanol–water partition coefficient (Wildman–Crippen LogP) is 1.74. The van der Waals surface area contributed by atoms with E-state index in [1.807, 2.05) is 24.3 Å². The van der Waals surface area contributed by atoms with E-state index in [9.17, 15) is 20.1 Å². The van der Waals surface area contributed by atoms with E-state index in [4.69, 9.17) is 28.4 Å². The number of aliphatic hydroxyl groups excluding tert-OH is 3. The van der Waals surface area contributed by atoms with Crippen LogP contribution in [0.2, 0.25) is 0 Å². The fourth-order valence-corrected chi connectivity index (χ4v) is 5.05. The molecule has 0 radical (unpaired) electrons. The number of carbonyl (C=O) groups excluding carboxylic acids is 1. The molecular weight excluding hydrogens is 496 g/mol. The first kappa shape index (κ1) is 28.0. The molecule has 2 aromatic rings. The van der Waals surface area contributed by atoms with E-state index < -0.39 is 37.1 Å². The average molecular weight is 533 g/mol. The summed E-state index contributed by atoms with van der Waals surface area (Å²) in [5.74, 6) is 0.852. The first-order chi connectivity index (χ1) is 18.3. The summed E-state index contributed by atoms with van der Waals surface area (Å²) in [4.78, 5) is 12.6. The van der Waals surface area contributed by atoms with Crippen LogP contribution in [0.3, 0.4) is 0 Å². The SMILES string of the molecule is COc1ccc(C[C@H]2COC(=O)C2Cc2ccc(O[C@@H]3O[C@H](CO)[C@@H](O)[C@H](C)[C@H]3O)c(OC)c2)cc1OC. The normalized spacial score (nSPS) is 29.0. The number of benzene rings is 2. The molecule has 0 saturated carbocycles. The molecule has 2 aliphatic heterocycles. The van der Waals surface area contributed by atoms with Crippen LogP contribution in [0.5, 0.6) is 23.0 Å². The highest BCUT2D eigenvalue weighted by molar-refractivity contribution is 5.75. The summed E-state index contributed by atoms with van der Waals surface area (Å²) >= 11 is 0. The second kappa shape index (κ2) is 12.2. The number of carbonyl (C=O) groups is 1. The fourth-order valence-electron chi connectivity index (χ4n) is 5.05. The number of cyclic esters (lactones) is 1. The first-order valence-corrected chi connectivity index (χ1v) is 12.6. The molecule has 38 heavy (non-hydrogen) atoms. The lowest BCUT2D eigenvalue weighted by Gasteiger charge is -2.40. The Morgan fingerprint density at radius 1 is 0.868 bits per heavy atom. The molecule has 10 nitrogen and oxygen atoms in total. The van der Waals surface area contributed by atoms with Gasteiger partial charge >= 0.3 is 5.97 Å². The highest BCUT2D eigenvalue weighted by Gasteiger charge is 2.43. The summed E-state index contributed by atoms with van der Waals surface area (Å²) < 4.78 is 33.1. The lowest BCUT2D eigenvalue weighted by molar-refractivity contribution is -0.261. The van der Waals surface area contributed by atoms with Gasteiger partial charge in [0.1, 0.15) is 12.2 Å². The fraction of sp³-hybridized carbons (Fsp3) is 0.536. The van der Waals surface area contributed by atoms with Crippen LogP contribution in [-0.2, 0) is 27.1 Å². The summed E-state index contributed by atoms with van der Waals surface area (Å²) in [5.41, 5.74) is 1.88. The van der Waals surface area contributed by atoms with Crippen LogP contribution < -0.4 is 18.9 Å². The molecule has 4 rings (SSSR count). The maximum absolute atomic E-state index is 12.6. The largest absolute Gasteiger partial charge is 0.493 e. The highest BCUT2D eigenvalue weighted by atomic mass is 16.7. The third kappa shape index (κ3) is 5.83. The summed E-state index contributed by atoms with van der Waals surface area (Å²) in [6.07, 6.45) is -3.01. The molecule has 0 spiro atoms. The highest BCUT2D eigenvalue weighted by Crippen LogP contribution is 2.36. The molecule has 2 aromatic carbocycles. The Labute approximate surface area is 222 Å². The third-order valence-electron chi connectivity index (χ3n) is 7.41. The molecule has 0 amide bonds. The van der Waals surface area contributed by atoms with E-state index in [-0.39, 0.29) is 17.8 Å². The molecule has 0 aromatic heterocycles. The number of ether oxygens (including phenoxy) is 6. The van der Waals surface area contributed by atoms with Crippen molar-refractivity contribution in [3.8, 4) is 23.0 Å². The van der Waals surface area contributed by atoms with Crippen LogP contribution in [0.1, 0.15) is 18.1 Å². The van der Waals surface area contributed by atoms with Gasteiger partial charge in [-0.25, -0.2) is 0 Å². The van der Waals surface area contributed by atoms with E-state index in [2.05, 4.69) is 0 Å². The van der Waals surface area contributed by atoms with Crippen molar-refractivity contribution in [3.63, 3.8) is 0 Å². The third-order valence-corrected chi connectivity index (χ3v) is 7.41. The number of hydrogen-bond acceptors (Lipinski definition) is 10. The molecule has 10 heteroatoms. The molecule has 2 fully saturated rings. The predicted molar refractivity (Wildman–Crippen MR) is 135 cm³/mol. The summed E-state index contributed by atoms with van der Waals surface area (Å²) in [6.45, 7) is 1.59. The zero-order valence-electron chi connectivity index (χ0n) is 22.0. The van der Waals surface area contributed by atoms with Gasteiger partial charge in [-0.3, -0.25) is 4.79 Å². The second-order valence-corrected chi connectivity index (χ2v) is 9.76. The molecular formula is C28H36O10. The van der Waals surface area contributed by atoms with Gasteiger partial charge in [-0.1, -0.05) is 19.1 Å². The zero-order chi connectivity index (χ0) is 27.4. The molecule has 3 N–H and O–H groups in total. The number of rotatable bonds is 10. The van der Waals surface area contributed by atoms with Crippen molar-refractivity contribution in [2.75, 3.05) is 34.5 Å². The minimum Gasteiger partial charge on any atom is -0.493 e. The van der Waals surface area contributed by atoms with E-state index in [1.165, 1.54) is 7.11 Å². The summed E-state index contributed by atoms with van der Waals surface area (Å²) in [7, 11) is 4.67. The Kier molecular flexibility index (Phi) is 8.99. The molecule has 0 aliphatic carbocycles. The monoisotopic (exact) mass is 532 g/mol. The topological polar surface area (TPSA) is 133 Å². The van der Waals surface area contributed by atoms with Crippen LogP contribution in [0, 0.1) is 17.8 Å². The van der Waals surface area contributed by atoms with Gasteiger partial charge < -0.3 is 43.7 Å². The number of aliphatic hydroxyl groups is 3. The second-order valence-electron chi connectivity index (χ2n) is 9.76. The van der Waals surface area contributed by atoms with Crippen LogP contribution in [0.4, 0.5) is 0 Å². The molecule has 208 valence electrons. The van der Waals surface area contributed by atoms with Gasteiger partial charge in [0.05, 0.1) is 46.6 Å². The number of hydrogen-bond donors (Lipinski definition) is 3. The van der Waals surface area contributed by atoms with Gasteiger partial charge in [-0.2, -0.15) is 0 Å². The quantitative estimate of drug-likeness (QED) is 0.389. The zero-order valence-corrected chi connectivity index (χ0v) is 22.0. The Bertz CT molecular complexity index is 1100. The Balaban J connectivity index is 1.47. The van der Waals surface area contributed by atoms with Gasteiger partial charge in [0, 0.05) is 11.8 Å². The van der Waals surface area contributed by atoms with Crippen molar-refractivity contribution in [1.29, 1.82) is 0 Å². The maximum Gasteiger partial charge on any atom is 0.309 e. The van der Waals surface area contributed by atoms with E-state index in [0.717, 1.165) is 11.1 Å². The van der Waals surface area contributed by atoms with Crippen LogP contribution in [0.15, 0.2) is 36.4 Å². The van der Waals surface area contributed by atoms with Crippen molar-refractivity contribution in [1.82, 2.24) is 0 Å². The van der Waals surface area contributed by atoms with Crippen molar-refractivity contribution in [2.45, 2.75) is 44.4 Å². The van der Waals surface area contributed by atoms with Gasteiger partial charge in [0.15, 0.2) is 23.0 Å². The van der Waals surface area contributed by atoms with Crippen LogP contribution in [-0.4, -0.2) is 80.4 Å². The molecule has 2 heterocycles. The van der Waals surface area contributed by atoms with Gasteiger partial charge in [0.25, 0.3) is 0 Å². The summed E-state index contributed by atoms with van der Waals surface area (Å²) in [5, 5.41) is 30.2.